The maximum atomic E-state index is 11.9. The van der Waals surface area contributed by atoms with Crippen LogP contribution in [0.15, 0.2) is 23.3 Å². The Morgan fingerprint density at radius 2 is 1.90 bits per heavy atom. The molecule has 0 aliphatic rings. The lowest BCUT2D eigenvalue weighted by atomic mass is 10.3. The van der Waals surface area contributed by atoms with Gasteiger partial charge in [0.15, 0.2) is 0 Å². The molecule has 21 heavy (non-hydrogen) atoms. The van der Waals surface area contributed by atoms with Gasteiger partial charge in [0.1, 0.15) is 6.54 Å². The molecular weight excluding hydrogens is 270 g/mol. The summed E-state index contributed by atoms with van der Waals surface area (Å²) >= 11 is 0. The zero-order valence-corrected chi connectivity index (χ0v) is 12.3. The predicted octanol–water partition coefficient (Wildman–Crippen LogP) is 0.851. The van der Waals surface area contributed by atoms with Crippen LogP contribution in [0.2, 0.25) is 0 Å². The van der Waals surface area contributed by atoms with E-state index in [1.807, 2.05) is 26.8 Å². The van der Waals surface area contributed by atoms with Crippen molar-refractivity contribution < 1.29 is 4.79 Å². The molecule has 2 heterocycles. The number of anilines is 1. The Balaban J connectivity index is 2.10. The average Bonchev–Trinajstić information content (AvgIpc) is 2.39. The van der Waals surface area contributed by atoms with Crippen molar-refractivity contribution in [1.82, 2.24) is 19.5 Å². The van der Waals surface area contributed by atoms with E-state index in [1.54, 1.807) is 0 Å². The Labute approximate surface area is 122 Å². The van der Waals surface area contributed by atoms with E-state index in [0.717, 1.165) is 11.4 Å². The lowest BCUT2D eigenvalue weighted by molar-refractivity contribution is -0.116. The summed E-state index contributed by atoms with van der Waals surface area (Å²) < 4.78 is 1.25. The number of hydrogen-bond acceptors (Lipinski definition) is 5. The summed E-state index contributed by atoms with van der Waals surface area (Å²) in [5.41, 5.74) is 1.99. The van der Waals surface area contributed by atoms with Crippen molar-refractivity contribution in [3.05, 3.63) is 45.9 Å². The third kappa shape index (κ3) is 3.95. The molecule has 0 spiro atoms. The van der Waals surface area contributed by atoms with Crippen molar-refractivity contribution in [2.75, 3.05) is 5.32 Å². The normalized spacial score (nSPS) is 10.4. The molecule has 2 aromatic heterocycles. The van der Waals surface area contributed by atoms with Gasteiger partial charge in [-0.25, -0.2) is 15.0 Å². The molecule has 1 N–H and O–H groups in total. The molecule has 0 radical (unpaired) electrons. The zero-order valence-electron chi connectivity index (χ0n) is 12.3. The van der Waals surface area contributed by atoms with Crippen LogP contribution in [-0.2, 0) is 17.8 Å². The van der Waals surface area contributed by atoms with Crippen LogP contribution >= 0.6 is 0 Å². The summed E-state index contributed by atoms with van der Waals surface area (Å²) in [6.45, 7) is 5.44. The van der Waals surface area contributed by atoms with Crippen LogP contribution in [-0.4, -0.2) is 25.4 Å². The molecule has 1 amide bonds. The fourth-order valence-electron chi connectivity index (χ4n) is 1.88. The van der Waals surface area contributed by atoms with E-state index in [2.05, 4.69) is 20.3 Å². The predicted molar refractivity (Wildman–Crippen MR) is 78.0 cm³/mol. The fraction of sp³-hybridized carbons (Fsp3) is 0.357. The topological polar surface area (TPSA) is 89.8 Å². The molecule has 0 saturated heterocycles. The van der Waals surface area contributed by atoms with E-state index < -0.39 is 0 Å². The highest BCUT2D eigenvalue weighted by Gasteiger charge is 2.08. The van der Waals surface area contributed by atoms with Crippen LogP contribution in [0.5, 0.6) is 0 Å². The highest BCUT2D eigenvalue weighted by atomic mass is 16.2. The first-order valence-corrected chi connectivity index (χ1v) is 6.65. The van der Waals surface area contributed by atoms with Gasteiger partial charge in [-0.15, -0.1) is 0 Å². The van der Waals surface area contributed by atoms with Crippen LogP contribution in [0.4, 0.5) is 5.95 Å². The van der Waals surface area contributed by atoms with E-state index in [-0.39, 0.29) is 24.0 Å². The molecular formula is C14H17N5O2. The summed E-state index contributed by atoms with van der Waals surface area (Å²) in [6.07, 6.45) is 2.06. The van der Waals surface area contributed by atoms with E-state index >= 15 is 0 Å². The SMILES string of the molecule is CCc1cc(=O)n(CC(=O)Nc2nc(C)cc(C)n2)cn1. The smallest absolute Gasteiger partial charge is 0.253 e. The van der Waals surface area contributed by atoms with Gasteiger partial charge in [-0.1, -0.05) is 6.92 Å². The van der Waals surface area contributed by atoms with Crippen molar-refractivity contribution >= 4 is 11.9 Å². The van der Waals surface area contributed by atoms with Gasteiger partial charge in [0.05, 0.1) is 6.33 Å². The maximum absolute atomic E-state index is 11.9. The first kappa shape index (κ1) is 14.8. The van der Waals surface area contributed by atoms with Crippen molar-refractivity contribution in [3.63, 3.8) is 0 Å². The first-order valence-electron chi connectivity index (χ1n) is 6.65. The van der Waals surface area contributed by atoms with Gasteiger partial charge in [0.25, 0.3) is 5.56 Å². The summed E-state index contributed by atoms with van der Waals surface area (Å²) in [5.74, 6) is -0.128. The van der Waals surface area contributed by atoms with Crippen LogP contribution in [0, 0.1) is 13.8 Å². The lowest BCUT2D eigenvalue weighted by Gasteiger charge is -2.07. The monoisotopic (exact) mass is 287 g/mol. The molecule has 0 aliphatic heterocycles. The van der Waals surface area contributed by atoms with Crippen LogP contribution in [0.25, 0.3) is 0 Å². The third-order valence-electron chi connectivity index (χ3n) is 2.85. The molecule has 2 rings (SSSR count). The van der Waals surface area contributed by atoms with Gasteiger partial charge in [-0.3, -0.25) is 19.5 Å². The van der Waals surface area contributed by atoms with Crippen molar-refractivity contribution in [2.24, 2.45) is 0 Å². The molecule has 0 saturated carbocycles. The summed E-state index contributed by atoms with van der Waals surface area (Å²) in [6, 6.07) is 3.24. The second-order valence-corrected chi connectivity index (χ2v) is 4.72. The summed E-state index contributed by atoms with van der Waals surface area (Å²) in [7, 11) is 0. The fourth-order valence-corrected chi connectivity index (χ4v) is 1.88. The standard InChI is InChI=1S/C14H17N5O2/c1-4-11-6-13(21)19(8-15-11)7-12(20)18-14-16-9(2)5-10(3)17-14/h5-6,8H,4,7H2,1-3H3,(H,16,17,18,20). The van der Waals surface area contributed by atoms with Crippen LogP contribution in [0.1, 0.15) is 24.0 Å². The van der Waals surface area contributed by atoms with Crippen molar-refractivity contribution in [1.29, 1.82) is 0 Å². The number of amides is 1. The Morgan fingerprint density at radius 3 is 2.48 bits per heavy atom. The van der Waals surface area contributed by atoms with Crippen molar-refractivity contribution in [3.8, 4) is 0 Å². The molecule has 0 aromatic carbocycles. The molecule has 110 valence electrons. The number of hydrogen-bond donors (Lipinski definition) is 1. The molecule has 7 nitrogen and oxygen atoms in total. The molecule has 7 heteroatoms. The van der Waals surface area contributed by atoms with Gasteiger partial charge >= 0.3 is 0 Å². The van der Waals surface area contributed by atoms with Gasteiger partial charge < -0.3 is 0 Å². The molecule has 0 aliphatic carbocycles. The quantitative estimate of drug-likeness (QED) is 0.900. The Morgan fingerprint density at radius 1 is 1.24 bits per heavy atom. The van der Waals surface area contributed by atoms with Crippen LogP contribution in [0.3, 0.4) is 0 Å². The lowest BCUT2D eigenvalue weighted by Crippen LogP contribution is -2.28. The average molecular weight is 287 g/mol. The second kappa shape index (κ2) is 6.25. The number of carbonyl (C=O) groups is 1. The van der Waals surface area contributed by atoms with Crippen molar-refractivity contribution in [2.45, 2.75) is 33.7 Å². The molecule has 0 bridgehead atoms. The van der Waals surface area contributed by atoms with E-state index in [4.69, 9.17) is 0 Å². The van der Waals surface area contributed by atoms with E-state index in [0.29, 0.717) is 12.1 Å². The molecule has 0 atom stereocenters. The minimum atomic E-state index is -0.367. The number of aryl methyl sites for hydroxylation is 3. The highest BCUT2D eigenvalue weighted by molar-refractivity contribution is 5.88. The van der Waals surface area contributed by atoms with Crippen LogP contribution < -0.4 is 10.9 Å². The first-order chi connectivity index (χ1) is 9.97. The van der Waals surface area contributed by atoms with Gasteiger partial charge in [-0.2, -0.15) is 0 Å². The second-order valence-electron chi connectivity index (χ2n) is 4.72. The number of aromatic nitrogens is 4. The third-order valence-corrected chi connectivity index (χ3v) is 2.85. The zero-order chi connectivity index (χ0) is 15.4. The molecule has 0 unspecified atom stereocenters. The summed E-state index contributed by atoms with van der Waals surface area (Å²) in [4.78, 5) is 36.1. The summed E-state index contributed by atoms with van der Waals surface area (Å²) in [5, 5.41) is 2.58. The minimum Gasteiger partial charge on any atom is -0.293 e. The minimum absolute atomic E-state index is 0.119. The van der Waals surface area contributed by atoms with Gasteiger partial charge in [0, 0.05) is 23.1 Å². The van der Waals surface area contributed by atoms with E-state index in [1.165, 1.54) is 17.0 Å². The Kier molecular flexibility index (Phi) is 4.42. The van der Waals surface area contributed by atoms with Gasteiger partial charge in [0.2, 0.25) is 11.9 Å². The number of rotatable bonds is 4. The van der Waals surface area contributed by atoms with Gasteiger partial charge in [-0.05, 0) is 26.3 Å². The number of nitrogens with zero attached hydrogens (tertiary/aromatic N) is 4. The molecule has 0 fully saturated rings. The Hall–Kier alpha value is -2.57. The number of carbonyl (C=O) groups excluding carboxylic acids is 1. The largest absolute Gasteiger partial charge is 0.293 e. The Bertz CT molecular complexity index is 703. The maximum Gasteiger partial charge on any atom is 0.253 e. The molecule has 2 aromatic rings. The highest BCUT2D eigenvalue weighted by Crippen LogP contribution is 2.03. The van der Waals surface area contributed by atoms with E-state index in [9.17, 15) is 9.59 Å². The number of nitrogens with one attached hydrogen (secondary N) is 1.